The zero-order chi connectivity index (χ0) is 27.6. The first kappa shape index (κ1) is 30.5. The SMILES string of the molecule is CN(CCC1CC(C(F)(F)F)CC(C(F)(F)F)C1)C(=O)C(C1CCCCC1)N1CCN(C(C)(C)C)CC1. The lowest BCUT2D eigenvalue weighted by atomic mass is 9.73. The minimum absolute atomic E-state index is 0.0355. The molecule has 10 heteroatoms. The third kappa shape index (κ3) is 8.23. The van der Waals surface area contributed by atoms with Crippen LogP contribution in [-0.4, -0.2) is 84.3 Å². The van der Waals surface area contributed by atoms with E-state index in [-0.39, 0.29) is 49.2 Å². The van der Waals surface area contributed by atoms with E-state index in [0.29, 0.717) is 0 Å². The molecule has 37 heavy (non-hydrogen) atoms. The normalized spacial score (nSPS) is 28.8. The van der Waals surface area contributed by atoms with Gasteiger partial charge in [0, 0.05) is 45.3 Å². The molecular weight excluding hydrogens is 496 g/mol. The minimum atomic E-state index is -4.63. The first-order valence-corrected chi connectivity index (χ1v) is 13.9. The van der Waals surface area contributed by atoms with Crippen molar-refractivity contribution < 1.29 is 31.1 Å². The maximum absolute atomic E-state index is 13.8. The van der Waals surface area contributed by atoms with Gasteiger partial charge in [0.05, 0.1) is 17.9 Å². The number of halogens is 6. The third-order valence-corrected chi connectivity index (χ3v) is 8.99. The first-order chi connectivity index (χ1) is 17.1. The predicted octanol–water partition coefficient (Wildman–Crippen LogP) is 6.36. The van der Waals surface area contributed by atoms with Crippen molar-refractivity contribution in [1.29, 1.82) is 0 Å². The first-order valence-electron chi connectivity index (χ1n) is 13.9. The molecule has 4 nitrogen and oxygen atoms in total. The number of hydrogen-bond donors (Lipinski definition) is 0. The lowest BCUT2D eigenvalue weighted by Gasteiger charge is -2.47. The molecule has 0 aromatic carbocycles. The molecule has 0 aromatic rings. The Morgan fingerprint density at radius 1 is 0.838 bits per heavy atom. The summed E-state index contributed by atoms with van der Waals surface area (Å²) in [7, 11) is 1.66. The lowest BCUT2D eigenvalue weighted by molar-refractivity contribution is -0.229. The highest BCUT2D eigenvalue weighted by Gasteiger charge is 2.51. The maximum Gasteiger partial charge on any atom is 0.391 e. The summed E-state index contributed by atoms with van der Waals surface area (Å²) < 4.78 is 80.3. The van der Waals surface area contributed by atoms with E-state index in [1.54, 1.807) is 11.9 Å². The van der Waals surface area contributed by atoms with Crippen LogP contribution < -0.4 is 0 Å². The number of hydrogen-bond acceptors (Lipinski definition) is 3. The average molecular weight is 542 g/mol. The predicted molar refractivity (Wildman–Crippen MR) is 132 cm³/mol. The second-order valence-electron chi connectivity index (χ2n) is 12.6. The Balaban J connectivity index is 1.66. The quantitative estimate of drug-likeness (QED) is 0.367. The smallest absolute Gasteiger partial charge is 0.344 e. The molecule has 3 unspecified atom stereocenters. The summed E-state index contributed by atoms with van der Waals surface area (Å²) in [4.78, 5) is 20.0. The highest BCUT2D eigenvalue weighted by Crippen LogP contribution is 2.48. The Morgan fingerprint density at radius 3 is 1.81 bits per heavy atom. The van der Waals surface area contributed by atoms with Crippen molar-refractivity contribution in [3.63, 3.8) is 0 Å². The van der Waals surface area contributed by atoms with Crippen LogP contribution in [0.2, 0.25) is 0 Å². The fourth-order valence-corrected chi connectivity index (χ4v) is 6.70. The van der Waals surface area contributed by atoms with Crippen molar-refractivity contribution in [2.45, 2.75) is 102 Å². The number of nitrogens with zero attached hydrogens (tertiary/aromatic N) is 3. The standard InChI is InChI=1S/C27H45F6N3O/c1-25(2,3)36-14-12-35(13-15-36)23(20-8-6-5-7-9-20)24(37)34(4)11-10-19-16-21(26(28,29)30)18-22(17-19)27(31,32)33/h19-23H,5-18H2,1-4H3. The highest BCUT2D eigenvalue weighted by molar-refractivity contribution is 5.82. The summed E-state index contributed by atoms with van der Waals surface area (Å²) in [5.41, 5.74) is 0.0514. The fraction of sp³-hybridized carbons (Fsp3) is 0.963. The van der Waals surface area contributed by atoms with Gasteiger partial charge in [0.25, 0.3) is 0 Å². The van der Waals surface area contributed by atoms with Crippen molar-refractivity contribution in [1.82, 2.24) is 14.7 Å². The van der Waals surface area contributed by atoms with Crippen LogP contribution in [0.25, 0.3) is 0 Å². The molecule has 0 N–H and O–H groups in total. The number of piperazine rings is 1. The topological polar surface area (TPSA) is 26.8 Å². The van der Waals surface area contributed by atoms with E-state index in [4.69, 9.17) is 0 Å². The van der Waals surface area contributed by atoms with Crippen molar-refractivity contribution in [3.05, 3.63) is 0 Å². The van der Waals surface area contributed by atoms with Gasteiger partial charge in [0.2, 0.25) is 5.91 Å². The van der Waals surface area contributed by atoms with Crippen LogP contribution in [0.4, 0.5) is 26.3 Å². The second kappa shape index (κ2) is 12.0. The van der Waals surface area contributed by atoms with Crippen LogP contribution in [0, 0.1) is 23.7 Å². The Labute approximate surface area is 218 Å². The van der Waals surface area contributed by atoms with E-state index in [1.807, 2.05) is 0 Å². The largest absolute Gasteiger partial charge is 0.391 e. The van der Waals surface area contributed by atoms with Gasteiger partial charge in [-0.25, -0.2) is 0 Å². The molecule has 3 atom stereocenters. The molecule has 3 rings (SSSR count). The molecule has 0 aromatic heterocycles. The Bertz CT molecular complexity index is 714. The van der Waals surface area contributed by atoms with Crippen LogP contribution in [-0.2, 0) is 4.79 Å². The molecule has 1 heterocycles. The molecular formula is C27H45F6N3O. The van der Waals surface area contributed by atoms with E-state index >= 15 is 0 Å². The van der Waals surface area contributed by atoms with E-state index < -0.39 is 36.5 Å². The molecule has 1 aliphatic heterocycles. The van der Waals surface area contributed by atoms with Gasteiger partial charge in [0.1, 0.15) is 0 Å². The van der Waals surface area contributed by atoms with Crippen molar-refractivity contribution in [3.8, 4) is 0 Å². The molecule has 1 amide bonds. The zero-order valence-electron chi connectivity index (χ0n) is 22.8. The summed E-state index contributed by atoms with van der Waals surface area (Å²) in [6, 6.07) is -0.273. The van der Waals surface area contributed by atoms with Crippen molar-refractivity contribution in [2.75, 3.05) is 39.8 Å². The molecule has 0 spiro atoms. The van der Waals surface area contributed by atoms with Gasteiger partial charge in [0.15, 0.2) is 0 Å². The van der Waals surface area contributed by atoms with Gasteiger partial charge in [-0.15, -0.1) is 0 Å². The molecule has 3 aliphatic rings. The van der Waals surface area contributed by atoms with Gasteiger partial charge < -0.3 is 4.90 Å². The number of likely N-dealkylation sites (N-methyl/N-ethyl adjacent to an activating group) is 1. The zero-order valence-corrected chi connectivity index (χ0v) is 22.8. The maximum atomic E-state index is 13.8. The van der Waals surface area contributed by atoms with Crippen LogP contribution >= 0.6 is 0 Å². The van der Waals surface area contributed by atoms with Crippen LogP contribution in [0.1, 0.15) is 78.6 Å². The van der Waals surface area contributed by atoms with Gasteiger partial charge in [-0.3, -0.25) is 14.6 Å². The molecule has 216 valence electrons. The summed E-state index contributed by atoms with van der Waals surface area (Å²) in [6.07, 6.45) is -5.29. The molecule has 1 saturated heterocycles. The van der Waals surface area contributed by atoms with Gasteiger partial charge in [-0.1, -0.05) is 19.3 Å². The number of amides is 1. The van der Waals surface area contributed by atoms with Crippen molar-refractivity contribution >= 4 is 5.91 Å². The number of carbonyl (C=O) groups is 1. The van der Waals surface area contributed by atoms with Gasteiger partial charge in [-0.05, 0) is 71.1 Å². The summed E-state index contributed by atoms with van der Waals surface area (Å²) in [5.74, 6) is -4.37. The number of alkyl halides is 6. The van der Waals surface area contributed by atoms with Gasteiger partial charge >= 0.3 is 12.4 Å². The van der Waals surface area contributed by atoms with Crippen molar-refractivity contribution in [2.24, 2.45) is 23.7 Å². The fourth-order valence-electron chi connectivity index (χ4n) is 6.70. The van der Waals surface area contributed by atoms with Gasteiger partial charge in [-0.2, -0.15) is 26.3 Å². The van der Waals surface area contributed by atoms with E-state index in [9.17, 15) is 31.1 Å². The van der Waals surface area contributed by atoms with E-state index in [1.165, 1.54) is 0 Å². The van der Waals surface area contributed by atoms with E-state index in [0.717, 1.165) is 58.3 Å². The van der Waals surface area contributed by atoms with Crippen LogP contribution in [0.5, 0.6) is 0 Å². The minimum Gasteiger partial charge on any atom is -0.344 e. The monoisotopic (exact) mass is 541 g/mol. The summed E-state index contributed by atoms with van der Waals surface area (Å²) in [5, 5.41) is 0. The Kier molecular flexibility index (Phi) is 9.90. The number of rotatable bonds is 6. The Morgan fingerprint density at radius 2 is 1.35 bits per heavy atom. The Hall–Kier alpha value is -1.03. The van der Waals surface area contributed by atoms with E-state index in [2.05, 4.69) is 30.6 Å². The molecule has 3 fully saturated rings. The average Bonchev–Trinajstić information content (AvgIpc) is 2.82. The molecule has 0 bridgehead atoms. The summed E-state index contributed by atoms with van der Waals surface area (Å²) in [6.45, 7) is 10.0. The highest BCUT2D eigenvalue weighted by atomic mass is 19.4. The molecule has 2 saturated carbocycles. The lowest BCUT2D eigenvalue weighted by Crippen LogP contribution is -2.60. The third-order valence-electron chi connectivity index (χ3n) is 8.99. The number of carbonyl (C=O) groups excluding carboxylic acids is 1. The summed E-state index contributed by atoms with van der Waals surface area (Å²) >= 11 is 0. The van der Waals surface area contributed by atoms with Crippen LogP contribution in [0.3, 0.4) is 0 Å². The molecule has 2 aliphatic carbocycles. The second-order valence-corrected chi connectivity index (χ2v) is 12.6. The van der Waals surface area contributed by atoms with Crippen LogP contribution in [0.15, 0.2) is 0 Å². The molecule has 0 radical (unpaired) electrons.